The molecule has 186 valence electrons. The van der Waals surface area contributed by atoms with Crippen LogP contribution in [0.1, 0.15) is 28.3 Å². The second kappa shape index (κ2) is 9.95. The summed E-state index contributed by atoms with van der Waals surface area (Å²) in [7, 11) is 4.43. The predicted octanol–water partition coefficient (Wildman–Crippen LogP) is 5.61. The lowest BCUT2D eigenvalue weighted by Crippen LogP contribution is -2.30. The van der Waals surface area contributed by atoms with E-state index < -0.39 is 23.5 Å². The first-order chi connectivity index (χ1) is 17.2. The Morgan fingerprint density at radius 3 is 2.14 bits per heavy atom. The SMILES string of the molecule is COc1ccc(C2/C(=C(\O)c3cc(Cl)c(OC)cc3OC)C(=O)C(=O)N2c2ccc(C)cc2C)cc1. The van der Waals surface area contributed by atoms with Gasteiger partial charge in [-0.3, -0.25) is 14.5 Å². The van der Waals surface area contributed by atoms with Crippen LogP contribution in [0.15, 0.2) is 60.2 Å². The summed E-state index contributed by atoms with van der Waals surface area (Å²) in [4.78, 5) is 28.3. The first kappa shape index (κ1) is 25.1. The van der Waals surface area contributed by atoms with Crippen molar-refractivity contribution < 1.29 is 28.9 Å². The molecule has 1 atom stereocenters. The Kier molecular flexibility index (Phi) is 6.95. The quantitative estimate of drug-likeness (QED) is 0.265. The second-order valence-corrected chi connectivity index (χ2v) is 8.83. The van der Waals surface area contributed by atoms with Gasteiger partial charge in [-0.05, 0) is 49.2 Å². The Morgan fingerprint density at radius 2 is 1.56 bits per heavy atom. The zero-order chi connectivity index (χ0) is 26.1. The normalized spacial score (nSPS) is 16.8. The van der Waals surface area contributed by atoms with E-state index in [1.165, 1.54) is 31.3 Å². The van der Waals surface area contributed by atoms with Gasteiger partial charge in [-0.15, -0.1) is 0 Å². The monoisotopic (exact) mass is 507 g/mol. The van der Waals surface area contributed by atoms with Crippen LogP contribution in [0.4, 0.5) is 5.69 Å². The van der Waals surface area contributed by atoms with Gasteiger partial charge in [0.2, 0.25) is 0 Å². The number of aliphatic hydroxyl groups excluding tert-OH is 1. The van der Waals surface area contributed by atoms with Crippen LogP contribution in [0.3, 0.4) is 0 Å². The highest BCUT2D eigenvalue weighted by Gasteiger charge is 2.47. The summed E-state index contributed by atoms with van der Waals surface area (Å²) >= 11 is 6.33. The Labute approximate surface area is 214 Å². The van der Waals surface area contributed by atoms with Crippen molar-refractivity contribution in [2.45, 2.75) is 19.9 Å². The van der Waals surface area contributed by atoms with Crippen molar-refractivity contribution in [3.8, 4) is 17.2 Å². The van der Waals surface area contributed by atoms with E-state index in [9.17, 15) is 14.7 Å². The number of ketones is 1. The highest BCUT2D eigenvalue weighted by Crippen LogP contribution is 2.45. The minimum atomic E-state index is -0.900. The number of nitrogens with zero attached hydrogens (tertiary/aromatic N) is 1. The maximum absolute atomic E-state index is 13.5. The summed E-state index contributed by atoms with van der Waals surface area (Å²) in [5.41, 5.74) is 3.12. The molecule has 3 aromatic rings. The minimum Gasteiger partial charge on any atom is -0.507 e. The molecule has 1 fully saturated rings. The van der Waals surface area contributed by atoms with E-state index in [1.807, 2.05) is 26.0 Å². The molecule has 1 aliphatic heterocycles. The molecule has 0 spiro atoms. The van der Waals surface area contributed by atoms with Gasteiger partial charge in [0.25, 0.3) is 11.7 Å². The Hall–Kier alpha value is -3.97. The molecule has 1 amide bonds. The largest absolute Gasteiger partial charge is 0.507 e. The van der Waals surface area contributed by atoms with E-state index in [-0.39, 0.29) is 21.9 Å². The number of hydrogen-bond acceptors (Lipinski definition) is 6. The topological polar surface area (TPSA) is 85.3 Å². The third kappa shape index (κ3) is 4.27. The maximum atomic E-state index is 13.5. The fraction of sp³-hybridized carbons (Fsp3) is 0.214. The number of carbonyl (C=O) groups is 2. The summed E-state index contributed by atoms with van der Waals surface area (Å²) in [6, 6.07) is 14.7. The minimum absolute atomic E-state index is 0.0790. The molecule has 0 saturated carbocycles. The number of amides is 1. The van der Waals surface area contributed by atoms with E-state index >= 15 is 0 Å². The van der Waals surface area contributed by atoms with Crippen molar-refractivity contribution in [2.75, 3.05) is 26.2 Å². The zero-order valence-corrected chi connectivity index (χ0v) is 21.3. The standard InChI is InChI=1S/C28H26ClNO6/c1-15-6-11-21(16(2)12-15)30-25(17-7-9-18(34-3)10-8-17)24(27(32)28(30)33)26(31)19-13-20(29)23(36-5)14-22(19)35-4/h6-14,25,31H,1-5H3/b26-24+. The summed E-state index contributed by atoms with van der Waals surface area (Å²) in [6.45, 7) is 3.82. The van der Waals surface area contributed by atoms with Gasteiger partial charge in [-0.1, -0.05) is 41.4 Å². The lowest BCUT2D eigenvalue weighted by Gasteiger charge is -2.27. The van der Waals surface area contributed by atoms with Crippen molar-refractivity contribution in [3.05, 3.63) is 87.4 Å². The van der Waals surface area contributed by atoms with Gasteiger partial charge in [-0.25, -0.2) is 0 Å². The molecule has 0 aromatic heterocycles. The van der Waals surface area contributed by atoms with Crippen LogP contribution >= 0.6 is 11.6 Å². The van der Waals surface area contributed by atoms with E-state index in [0.717, 1.165) is 11.1 Å². The van der Waals surface area contributed by atoms with E-state index in [4.69, 9.17) is 25.8 Å². The number of benzene rings is 3. The Morgan fingerprint density at radius 1 is 0.889 bits per heavy atom. The number of hydrogen-bond donors (Lipinski definition) is 1. The molecule has 0 aliphatic carbocycles. The fourth-order valence-corrected chi connectivity index (χ4v) is 4.69. The van der Waals surface area contributed by atoms with Crippen LogP contribution in [-0.2, 0) is 9.59 Å². The number of methoxy groups -OCH3 is 3. The maximum Gasteiger partial charge on any atom is 0.300 e. The number of anilines is 1. The number of aliphatic hydroxyl groups is 1. The van der Waals surface area contributed by atoms with Gasteiger partial charge < -0.3 is 19.3 Å². The van der Waals surface area contributed by atoms with Gasteiger partial charge in [-0.2, -0.15) is 0 Å². The average Bonchev–Trinajstić information content (AvgIpc) is 3.13. The molecule has 1 aliphatic rings. The summed E-state index contributed by atoms with van der Waals surface area (Å²) in [6.07, 6.45) is 0. The fourth-order valence-electron chi connectivity index (χ4n) is 4.45. The first-order valence-electron chi connectivity index (χ1n) is 11.2. The van der Waals surface area contributed by atoms with Gasteiger partial charge >= 0.3 is 0 Å². The van der Waals surface area contributed by atoms with E-state index in [1.54, 1.807) is 37.4 Å². The number of aryl methyl sites for hydroxylation is 2. The molecule has 1 heterocycles. The number of Topliss-reactive ketones (excluding diaryl/α,β-unsaturated/α-hetero) is 1. The molecule has 8 heteroatoms. The number of ether oxygens (including phenoxy) is 3. The van der Waals surface area contributed by atoms with Crippen LogP contribution in [0, 0.1) is 13.8 Å². The summed E-state index contributed by atoms with van der Waals surface area (Å²) < 4.78 is 16.0. The smallest absolute Gasteiger partial charge is 0.300 e. The molecule has 0 radical (unpaired) electrons. The molecule has 3 aromatic carbocycles. The van der Waals surface area contributed by atoms with Crippen LogP contribution in [0.25, 0.3) is 5.76 Å². The van der Waals surface area contributed by atoms with Gasteiger partial charge in [0.15, 0.2) is 0 Å². The third-order valence-electron chi connectivity index (χ3n) is 6.22. The molecule has 0 bridgehead atoms. The highest BCUT2D eigenvalue weighted by molar-refractivity contribution is 6.52. The van der Waals surface area contributed by atoms with Crippen LogP contribution < -0.4 is 19.1 Å². The van der Waals surface area contributed by atoms with Crippen molar-refractivity contribution in [3.63, 3.8) is 0 Å². The van der Waals surface area contributed by atoms with E-state index in [0.29, 0.717) is 22.7 Å². The van der Waals surface area contributed by atoms with Crippen LogP contribution in [0.2, 0.25) is 5.02 Å². The summed E-state index contributed by atoms with van der Waals surface area (Å²) in [5, 5.41) is 11.7. The Balaban J connectivity index is 2.00. The molecule has 4 rings (SSSR count). The van der Waals surface area contributed by atoms with Crippen molar-refractivity contribution in [1.82, 2.24) is 0 Å². The van der Waals surface area contributed by atoms with E-state index in [2.05, 4.69) is 0 Å². The first-order valence-corrected chi connectivity index (χ1v) is 11.5. The van der Waals surface area contributed by atoms with Crippen LogP contribution in [-0.4, -0.2) is 38.1 Å². The van der Waals surface area contributed by atoms with Gasteiger partial charge in [0, 0.05) is 11.8 Å². The lowest BCUT2D eigenvalue weighted by molar-refractivity contribution is -0.132. The number of carbonyl (C=O) groups excluding carboxylic acids is 2. The second-order valence-electron chi connectivity index (χ2n) is 8.42. The third-order valence-corrected chi connectivity index (χ3v) is 6.51. The van der Waals surface area contributed by atoms with Crippen LogP contribution in [0.5, 0.6) is 17.2 Å². The predicted molar refractivity (Wildman–Crippen MR) is 138 cm³/mol. The number of halogens is 1. The molecular weight excluding hydrogens is 482 g/mol. The van der Waals surface area contributed by atoms with Gasteiger partial charge in [0.1, 0.15) is 23.0 Å². The van der Waals surface area contributed by atoms with Crippen molar-refractivity contribution >= 4 is 34.7 Å². The van der Waals surface area contributed by atoms with Gasteiger partial charge in [0.05, 0.1) is 43.5 Å². The zero-order valence-electron chi connectivity index (χ0n) is 20.6. The number of rotatable bonds is 6. The molecule has 1 unspecified atom stereocenters. The summed E-state index contributed by atoms with van der Waals surface area (Å²) in [5.74, 6) is -0.772. The average molecular weight is 508 g/mol. The van der Waals surface area contributed by atoms with Crippen molar-refractivity contribution in [2.24, 2.45) is 0 Å². The molecule has 1 saturated heterocycles. The van der Waals surface area contributed by atoms with Crippen molar-refractivity contribution in [1.29, 1.82) is 0 Å². The molecule has 1 N–H and O–H groups in total. The molecular formula is C28H26ClNO6. The highest BCUT2D eigenvalue weighted by atomic mass is 35.5. The molecule has 7 nitrogen and oxygen atoms in total. The lowest BCUT2D eigenvalue weighted by atomic mass is 9.94. The Bertz CT molecular complexity index is 1380. The molecule has 36 heavy (non-hydrogen) atoms.